The third kappa shape index (κ3) is 8.70. The van der Waals surface area contributed by atoms with Crippen molar-refractivity contribution in [2.45, 2.75) is 44.9 Å². The van der Waals surface area contributed by atoms with Gasteiger partial charge in [0.05, 0.1) is 23.6 Å². The van der Waals surface area contributed by atoms with Crippen LogP contribution in [-0.2, 0) is 27.8 Å². The molecule has 2 atom stereocenters. The predicted molar refractivity (Wildman–Crippen MR) is 163 cm³/mol. The van der Waals surface area contributed by atoms with E-state index in [1.165, 1.54) is 4.31 Å². The largest absolute Gasteiger partial charge is 0.445 e. The fraction of sp³-hybridized carbons (Fsp3) is 0.355. The summed E-state index contributed by atoms with van der Waals surface area (Å²) in [4.78, 5) is 25.9. The number of rotatable bonds is 12. The van der Waals surface area contributed by atoms with E-state index in [1.54, 1.807) is 18.2 Å². The maximum absolute atomic E-state index is 13.6. The van der Waals surface area contributed by atoms with Gasteiger partial charge in [-0.15, -0.1) is 0 Å². The highest BCUT2D eigenvalue weighted by molar-refractivity contribution is 7.92. The van der Waals surface area contributed by atoms with Gasteiger partial charge in [-0.05, 0) is 55.5 Å². The lowest BCUT2D eigenvalue weighted by molar-refractivity contribution is 0.0818. The number of hydrogen-bond acceptors (Lipinski definition) is 7. The van der Waals surface area contributed by atoms with Crippen LogP contribution in [0.2, 0.25) is 0 Å². The highest BCUT2D eigenvalue weighted by Gasteiger charge is 2.28. The summed E-state index contributed by atoms with van der Waals surface area (Å²) in [7, 11) is -3.48. The number of amides is 2. The maximum Gasteiger partial charge on any atom is 0.407 e. The minimum atomic E-state index is -3.48. The molecule has 0 radical (unpaired) electrons. The highest BCUT2D eigenvalue weighted by Crippen LogP contribution is 2.28. The predicted octanol–water partition coefficient (Wildman–Crippen LogP) is 3.68. The molecule has 1 aliphatic heterocycles. The molecule has 0 aromatic heterocycles. The van der Waals surface area contributed by atoms with E-state index < -0.39 is 34.2 Å². The molecule has 1 aliphatic rings. The third-order valence-corrected chi connectivity index (χ3v) is 8.82. The van der Waals surface area contributed by atoms with Crippen LogP contribution in [0.1, 0.15) is 41.3 Å². The van der Waals surface area contributed by atoms with E-state index >= 15 is 0 Å². The van der Waals surface area contributed by atoms with Gasteiger partial charge in [-0.1, -0.05) is 60.7 Å². The molecule has 0 saturated carbocycles. The van der Waals surface area contributed by atoms with Gasteiger partial charge in [-0.2, -0.15) is 0 Å². The van der Waals surface area contributed by atoms with Crippen LogP contribution in [0.4, 0.5) is 16.2 Å². The average Bonchev–Trinajstić information content (AvgIpc) is 2.99. The van der Waals surface area contributed by atoms with Crippen molar-refractivity contribution in [3.63, 3.8) is 0 Å². The Morgan fingerprint density at radius 1 is 0.976 bits per heavy atom. The normalized spacial score (nSPS) is 15.7. The van der Waals surface area contributed by atoms with Crippen LogP contribution >= 0.6 is 0 Å². The van der Waals surface area contributed by atoms with Gasteiger partial charge in [-0.25, -0.2) is 13.2 Å². The molecule has 0 spiro atoms. The third-order valence-electron chi connectivity index (χ3n) is 6.95. The summed E-state index contributed by atoms with van der Waals surface area (Å²) >= 11 is 0. The molecule has 0 aliphatic carbocycles. The van der Waals surface area contributed by atoms with Gasteiger partial charge in [0.25, 0.3) is 5.91 Å². The quantitative estimate of drug-likeness (QED) is 0.251. The Morgan fingerprint density at radius 3 is 2.33 bits per heavy atom. The topological polar surface area (TPSA) is 137 Å². The van der Waals surface area contributed by atoms with Crippen molar-refractivity contribution >= 4 is 33.4 Å². The van der Waals surface area contributed by atoms with E-state index in [4.69, 9.17) is 4.74 Å². The first-order valence-corrected chi connectivity index (χ1v) is 15.7. The molecule has 4 rings (SSSR count). The van der Waals surface area contributed by atoms with Crippen molar-refractivity contribution in [1.82, 2.24) is 10.6 Å². The highest BCUT2D eigenvalue weighted by atomic mass is 32.2. The van der Waals surface area contributed by atoms with Crippen molar-refractivity contribution in [2.75, 3.05) is 35.0 Å². The van der Waals surface area contributed by atoms with E-state index in [9.17, 15) is 23.1 Å². The molecule has 0 unspecified atom stereocenters. The first kappa shape index (κ1) is 30.9. The second-order valence-corrected chi connectivity index (χ2v) is 12.2. The first-order valence-electron chi connectivity index (χ1n) is 14.1. The van der Waals surface area contributed by atoms with E-state index in [2.05, 4.69) is 16.0 Å². The van der Waals surface area contributed by atoms with Crippen molar-refractivity contribution < 1.29 is 27.9 Å². The van der Waals surface area contributed by atoms with Crippen LogP contribution < -0.4 is 20.3 Å². The SMILES string of the molecule is CCNc1cc(C(=O)N[C@@H](Cc2ccccc2)[C@H](O)CNC(=O)OCc2ccccc2)cc(N2CCCCS2(=O)=O)c1. The molecule has 3 aromatic carbocycles. The molecular weight excluding hydrogens is 556 g/mol. The van der Waals surface area contributed by atoms with Gasteiger partial charge in [0.15, 0.2) is 0 Å². The van der Waals surface area contributed by atoms with Gasteiger partial charge in [0, 0.05) is 30.9 Å². The van der Waals surface area contributed by atoms with Crippen molar-refractivity contribution in [1.29, 1.82) is 0 Å². The smallest absolute Gasteiger partial charge is 0.407 e. The number of nitrogens with one attached hydrogen (secondary N) is 3. The van der Waals surface area contributed by atoms with Crippen molar-refractivity contribution in [3.05, 3.63) is 95.6 Å². The van der Waals surface area contributed by atoms with E-state index in [-0.39, 0.29) is 24.5 Å². The summed E-state index contributed by atoms with van der Waals surface area (Å²) in [6.07, 6.45) is -0.190. The number of ether oxygens (including phenoxy) is 1. The Morgan fingerprint density at radius 2 is 1.67 bits per heavy atom. The molecule has 224 valence electrons. The van der Waals surface area contributed by atoms with E-state index in [0.717, 1.165) is 17.5 Å². The van der Waals surface area contributed by atoms with Crippen LogP contribution in [-0.4, -0.2) is 63.1 Å². The zero-order valence-electron chi connectivity index (χ0n) is 23.7. The average molecular weight is 595 g/mol. The Bertz CT molecular complexity index is 1440. The molecule has 4 N–H and O–H groups in total. The summed E-state index contributed by atoms with van der Waals surface area (Å²) < 4.78 is 32.2. The number of nitrogens with zero attached hydrogens (tertiary/aromatic N) is 1. The number of carbonyl (C=O) groups excluding carboxylic acids is 2. The Kier molecular flexibility index (Phi) is 10.8. The van der Waals surface area contributed by atoms with E-state index in [1.807, 2.05) is 67.6 Å². The second kappa shape index (κ2) is 14.7. The zero-order chi connectivity index (χ0) is 30.0. The standard InChI is InChI=1S/C31H38N4O6S/c1-2-32-26-18-25(19-27(20-26)35-15-9-10-16-42(35,39)40)30(37)34-28(17-23-11-5-3-6-12-23)29(36)21-33-31(38)41-22-24-13-7-4-8-14-24/h3-8,11-14,18-20,28-29,32,36H,2,9-10,15-17,21-22H2,1H3,(H,33,38)(H,34,37)/t28-,29+/m0/s1. The minimum Gasteiger partial charge on any atom is -0.445 e. The second-order valence-electron chi connectivity index (χ2n) is 10.2. The molecule has 1 fully saturated rings. The number of hydrogen-bond donors (Lipinski definition) is 4. The Labute approximate surface area is 247 Å². The maximum atomic E-state index is 13.6. The summed E-state index contributed by atoms with van der Waals surface area (Å²) in [5, 5.41) is 19.7. The monoisotopic (exact) mass is 594 g/mol. The van der Waals surface area contributed by atoms with Crippen molar-refractivity contribution in [3.8, 4) is 0 Å². The number of aliphatic hydroxyl groups is 1. The molecule has 0 bridgehead atoms. The van der Waals surface area contributed by atoms with Crippen LogP contribution in [0.15, 0.2) is 78.9 Å². The molecule has 42 heavy (non-hydrogen) atoms. The van der Waals surface area contributed by atoms with Crippen LogP contribution in [0.5, 0.6) is 0 Å². The van der Waals surface area contributed by atoms with Crippen LogP contribution in [0.25, 0.3) is 0 Å². The van der Waals surface area contributed by atoms with E-state index in [0.29, 0.717) is 37.3 Å². The lowest BCUT2D eigenvalue weighted by Crippen LogP contribution is -2.49. The number of aliphatic hydroxyl groups excluding tert-OH is 1. The molecule has 1 heterocycles. The number of anilines is 2. The number of benzene rings is 3. The van der Waals surface area contributed by atoms with Crippen LogP contribution in [0.3, 0.4) is 0 Å². The first-order chi connectivity index (χ1) is 20.2. The Hall–Kier alpha value is -4.09. The van der Waals surface area contributed by atoms with Gasteiger partial charge in [0.2, 0.25) is 10.0 Å². The van der Waals surface area contributed by atoms with Gasteiger partial charge < -0.3 is 25.8 Å². The molecule has 1 saturated heterocycles. The summed E-state index contributed by atoms with van der Waals surface area (Å²) in [5.74, 6) is -0.413. The van der Waals surface area contributed by atoms with Crippen LogP contribution in [0, 0.1) is 0 Å². The minimum absolute atomic E-state index is 0.0616. The van der Waals surface area contributed by atoms with Gasteiger partial charge in [0.1, 0.15) is 6.61 Å². The molecule has 3 aromatic rings. The zero-order valence-corrected chi connectivity index (χ0v) is 24.5. The number of alkyl carbamates (subject to hydrolysis) is 1. The lowest BCUT2D eigenvalue weighted by atomic mass is 10.0. The summed E-state index contributed by atoms with van der Waals surface area (Å²) in [6, 6.07) is 22.8. The summed E-state index contributed by atoms with van der Waals surface area (Å²) in [6.45, 7) is 2.78. The molecule has 2 amide bonds. The molecular formula is C31H38N4O6S. The fourth-order valence-electron chi connectivity index (χ4n) is 4.78. The van der Waals surface area contributed by atoms with Crippen molar-refractivity contribution in [2.24, 2.45) is 0 Å². The fourth-order valence-corrected chi connectivity index (χ4v) is 6.40. The van der Waals surface area contributed by atoms with Gasteiger partial charge >= 0.3 is 6.09 Å². The number of carbonyl (C=O) groups is 2. The molecule has 10 nitrogen and oxygen atoms in total. The van der Waals surface area contributed by atoms with Gasteiger partial charge in [-0.3, -0.25) is 9.10 Å². The number of sulfonamides is 1. The molecule has 11 heteroatoms. The summed E-state index contributed by atoms with van der Waals surface area (Å²) in [5.41, 5.74) is 3.00. The lowest BCUT2D eigenvalue weighted by Gasteiger charge is -2.29. The Balaban J connectivity index is 1.49.